The monoisotopic (exact) mass is 381 g/mol. The van der Waals surface area contributed by atoms with Gasteiger partial charge in [0.2, 0.25) is 0 Å². The zero-order valence-electron chi connectivity index (χ0n) is 16.4. The Balaban J connectivity index is 1.63. The molecule has 0 aliphatic carbocycles. The topological polar surface area (TPSA) is 91.7 Å². The molecule has 0 aliphatic heterocycles. The Kier molecular flexibility index (Phi) is 6.91. The number of hydrogen-bond donors (Lipinski definition) is 2. The molecule has 28 heavy (non-hydrogen) atoms. The lowest BCUT2D eigenvalue weighted by Crippen LogP contribution is -2.24. The number of unbranched alkanes of at least 4 members (excludes halogenated alkanes) is 1. The van der Waals surface area contributed by atoms with E-state index in [4.69, 9.17) is 0 Å². The molecule has 0 amide bonds. The second-order valence-corrected chi connectivity index (χ2v) is 6.49. The van der Waals surface area contributed by atoms with Crippen LogP contribution < -0.4 is 10.9 Å². The zero-order valence-corrected chi connectivity index (χ0v) is 16.4. The molecule has 8 nitrogen and oxygen atoms in total. The molecular weight excluding hydrogens is 354 g/mol. The minimum Gasteiger partial charge on any atom is -0.370 e. The molecule has 0 atom stereocenters. The normalized spacial score (nSPS) is 11.1. The smallest absolute Gasteiger partial charge is 0.280 e. The van der Waals surface area contributed by atoms with Crippen LogP contribution in [0, 0.1) is 0 Å². The molecule has 3 heterocycles. The van der Waals surface area contributed by atoms with Crippen LogP contribution in [0.2, 0.25) is 0 Å². The lowest BCUT2D eigenvalue weighted by atomic mass is 10.2. The van der Waals surface area contributed by atoms with E-state index in [0.29, 0.717) is 17.2 Å². The molecule has 0 bridgehead atoms. The quantitative estimate of drug-likeness (QED) is 0.525. The predicted octanol–water partition coefficient (Wildman–Crippen LogP) is 2.55. The number of H-pyrrole nitrogens is 1. The lowest BCUT2D eigenvalue weighted by Gasteiger charge is -2.17. The van der Waals surface area contributed by atoms with Crippen molar-refractivity contribution in [3.63, 3.8) is 0 Å². The minimum absolute atomic E-state index is 0.170. The molecule has 0 aliphatic rings. The third-order valence-corrected chi connectivity index (χ3v) is 4.73. The summed E-state index contributed by atoms with van der Waals surface area (Å²) in [6.07, 6.45) is 8.67. The standard InChI is InChI=1S/C20H27N7O/c1-3-26(4-2)11-6-5-10-22-18-12-19(24-15-23-18)27-20(28)17(14-25-27)16-8-7-9-21-13-16/h7-9,12-15,25H,3-6,10-11H2,1-2H3,(H,22,23,24). The average Bonchev–Trinajstić information content (AvgIpc) is 3.13. The molecule has 148 valence electrons. The van der Waals surface area contributed by atoms with Crippen molar-refractivity contribution in [3.05, 3.63) is 53.5 Å². The fourth-order valence-corrected chi connectivity index (χ4v) is 3.05. The first-order chi connectivity index (χ1) is 13.7. The number of nitrogens with zero attached hydrogens (tertiary/aromatic N) is 5. The van der Waals surface area contributed by atoms with E-state index in [1.165, 1.54) is 11.0 Å². The van der Waals surface area contributed by atoms with Crippen molar-refractivity contribution in [2.75, 3.05) is 31.5 Å². The Morgan fingerprint density at radius 2 is 2.07 bits per heavy atom. The summed E-state index contributed by atoms with van der Waals surface area (Å²) in [5.74, 6) is 1.21. The number of aromatic amines is 1. The van der Waals surface area contributed by atoms with E-state index in [1.807, 2.05) is 6.07 Å². The fraction of sp³-hybridized carbons (Fsp3) is 0.400. The van der Waals surface area contributed by atoms with Crippen LogP contribution in [0.3, 0.4) is 0 Å². The van der Waals surface area contributed by atoms with E-state index < -0.39 is 0 Å². The van der Waals surface area contributed by atoms with Crippen molar-refractivity contribution in [2.45, 2.75) is 26.7 Å². The summed E-state index contributed by atoms with van der Waals surface area (Å²) in [5.41, 5.74) is 1.15. The largest absolute Gasteiger partial charge is 0.370 e. The summed E-state index contributed by atoms with van der Waals surface area (Å²) in [5, 5.41) is 6.28. The van der Waals surface area contributed by atoms with Gasteiger partial charge in [-0.05, 0) is 38.5 Å². The first-order valence-corrected chi connectivity index (χ1v) is 9.72. The van der Waals surface area contributed by atoms with Crippen molar-refractivity contribution in [2.24, 2.45) is 0 Å². The van der Waals surface area contributed by atoms with E-state index in [1.54, 1.807) is 30.7 Å². The number of rotatable bonds is 10. The molecular formula is C20H27N7O. The van der Waals surface area contributed by atoms with E-state index in [0.717, 1.165) is 44.6 Å². The van der Waals surface area contributed by atoms with Gasteiger partial charge in [-0.3, -0.25) is 14.9 Å². The molecule has 0 saturated heterocycles. The summed E-state index contributed by atoms with van der Waals surface area (Å²) in [6.45, 7) is 8.49. The number of hydrogen-bond acceptors (Lipinski definition) is 6. The van der Waals surface area contributed by atoms with Crippen LogP contribution in [0.5, 0.6) is 0 Å². The van der Waals surface area contributed by atoms with Crippen LogP contribution in [0.1, 0.15) is 26.7 Å². The molecule has 0 aromatic carbocycles. The molecule has 0 fully saturated rings. The third-order valence-electron chi connectivity index (χ3n) is 4.73. The summed E-state index contributed by atoms with van der Waals surface area (Å²) >= 11 is 0. The molecule has 3 aromatic heterocycles. The van der Waals surface area contributed by atoms with E-state index in [9.17, 15) is 4.79 Å². The molecule has 0 saturated carbocycles. The second kappa shape index (κ2) is 9.80. The molecule has 0 spiro atoms. The van der Waals surface area contributed by atoms with Gasteiger partial charge in [-0.2, -0.15) is 0 Å². The van der Waals surface area contributed by atoms with Gasteiger partial charge in [0.25, 0.3) is 5.56 Å². The Morgan fingerprint density at radius 1 is 1.21 bits per heavy atom. The van der Waals surface area contributed by atoms with Crippen LogP contribution in [-0.4, -0.2) is 55.8 Å². The molecule has 0 radical (unpaired) electrons. The average molecular weight is 381 g/mol. The van der Waals surface area contributed by atoms with Crippen LogP contribution in [0.25, 0.3) is 16.9 Å². The Hall–Kier alpha value is -3.00. The van der Waals surface area contributed by atoms with Crippen LogP contribution in [0.15, 0.2) is 47.9 Å². The van der Waals surface area contributed by atoms with Gasteiger partial charge in [-0.15, -0.1) is 0 Å². The highest BCUT2D eigenvalue weighted by Gasteiger charge is 2.11. The maximum atomic E-state index is 12.7. The summed E-state index contributed by atoms with van der Waals surface area (Å²) in [4.78, 5) is 27.7. The van der Waals surface area contributed by atoms with Crippen molar-refractivity contribution in [1.29, 1.82) is 0 Å². The third kappa shape index (κ3) is 4.83. The predicted molar refractivity (Wildman–Crippen MR) is 111 cm³/mol. The number of anilines is 1. The van der Waals surface area contributed by atoms with Gasteiger partial charge in [0.15, 0.2) is 5.82 Å². The van der Waals surface area contributed by atoms with Crippen molar-refractivity contribution < 1.29 is 0 Å². The first-order valence-electron chi connectivity index (χ1n) is 9.72. The van der Waals surface area contributed by atoms with Crippen LogP contribution >= 0.6 is 0 Å². The Labute approximate surface area is 164 Å². The molecule has 3 rings (SSSR count). The summed E-state index contributed by atoms with van der Waals surface area (Å²) < 4.78 is 1.41. The van der Waals surface area contributed by atoms with Gasteiger partial charge in [0.05, 0.1) is 5.56 Å². The highest BCUT2D eigenvalue weighted by atomic mass is 16.1. The van der Waals surface area contributed by atoms with Crippen LogP contribution in [-0.2, 0) is 0 Å². The number of nitrogens with one attached hydrogen (secondary N) is 2. The highest BCUT2D eigenvalue weighted by molar-refractivity contribution is 5.60. The lowest BCUT2D eigenvalue weighted by molar-refractivity contribution is 0.298. The van der Waals surface area contributed by atoms with Gasteiger partial charge in [-0.1, -0.05) is 19.9 Å². The number of aromatic nitrogens is 5. The number of pyridine rings is 1. The second-order valence-electron chi connectivity index (χ2n) is 6.49. The summed E-state index contributed by atoms with van der Waals surface area (Å²) in [7, 11) is 0. The van der Waals surface area contributed by atoms with Crippen LogP contribution in [0.4, 0.5) is 5.82 Å². The SMILES string of the molecule is CCN(CC)CCCCNc1cc(-n2[nH]cc(-c3cccnc3)c2=O)ncn1. The van der Waals surface area contributed by atoms with Gasteiger partial charge in [-0.25, -0.2) is 14.6 Å². The Bertz CT molecular complexity index is 916. The zero-order chi connectivity index (χ0) is 19.8. The highest BCUT2D eigenvalue weighted by Crippen LogP contribution is 2.14. The molecule has 0 unspecified atom stereocenters. The minimum atomic E-state index is -0.170. The molecule has 8 heteroatoms. The van der Waals surface area contributed by atoms with Gasteiger partial charge in [0, 0.05) is 36.8 Å². The molecule has 2 N–H and O–H groups in total. The maximum absolute atomic E-state index is 12.7. The van der Waals surface area contributed by atoms with Gasteiger partial charge in [0.1, 0.15) is 12.1 Å². The van der Waals surface area contributed by atoms with Crippen molar-refractivity contribution in [3.8, 4) is 16.9 Å². The van der Waals surface area contributed by atoms with E-state index in [-0.39, 0.29) is 5.56 Å². The Morgan fingerprint density at radius 3 is 2.82 bits per heavy atom. The van der Waals surface area contributed by atoms with Crippen molar-refractivity contribution >= 4 is 5.82 Å². The fourth-order valence-electron chi connectivity index (χ4n) is 3.05. The van der Waals surface area contributed by atoms with Crippen molar-refractivity contribution in [1.82, 2.24) is 29.6 Å². The van der Waals surface area contributed by atoms with Gasteiger partial charge >= 0.3 is 0 Å². The van der Waals surface area contributed by atoms with E-state index >= 15 is 0 Å². The van der Waals surface area contributed by atoms with Gasteiger partial charge < -0.3 is 10.2 Å². The summed E-state index contributed by atoms with van der Waals surface area (Å²) in [6, 6.07) is 5.43. The first kappa shape index (κ1) is 19.8. The molecule has 3 aromatic rings. The maximum Gasteiger partial charge on any atom is 0.280 e. The van der Waals surface area contributed by atoms with E-state index in [2.05, 4.69) is 44.1 Å².